The summed E-state index contributed by atoms with van der Waals surface area (Å²) >= 11 is 1.64. The van der Waals surface area contributed by atoms with Gasteiger partial charge in [0.05, 0.1) is 0 Å². The van der Waals surface area contributed by atoms with E-state index >= 15 is 0 Å². The molecular weight excluding hydrogens is 170 g/mol. The summed E-state index contributed by atoms with van der Waals surface area (Å²) in [5, 5.41) is 8.86. The van der Waals surface area contributed by atoms with Crippen molar-refractivity contribution >= 4 is 11.8 Å². The Balaban J connectivity index is 2.53. The van der Waals surface area contributed by atoms with E-state index in [4.69, 9.17) is 6.42 Å². The fraction of sp³-hybridized carbons (Fsp3) is 0.500. The number of hydrogen-bond acceptors (Lipinski definition) is 3. The van der Waals surface area contributed by atoms with E-state index in [1.165, 1.54) is 0 Å². The Morgan fingerprint density at radius 1 is 1.58 bits per heavy atom. The van der Waals surface area contributed by atoms with Crippen LogP contribution in [0.4, 0.5) is 0 Å². The van der Waals surface area contributed by atoms with Crippen molar-refractivity contribution in [2.75, 3.05) is 5.75 Å². The maximum absolute atomic E-state index is 5.13. The van der Waals surface area contributed by atoms with Crippen molar-refractivity contribution in [3.05, 3.63) is 5.82 Å². The molecule has 0 radical (unpaired) electrons. The third-order valence-corrected chi connectivity index (χ3v) is 2.55. The minimum atomic E-state index is 0.774. The molecule has 12 heavy (non-hydrogen) atoms. The standard InChI is InChI=1S/C8H11N3S/c1-4-5-6-12-8-10-9-7(2)11(8)3/h1H,5-6H2,2-3H3. The van der Waals surface area contributed by atoms with Crippen LogP contribution in [0.3, 0.4) is 0 Å². The lowest BCUT2D eigenvalue weighted by Crippen LogP contribution is -1.93. The molecule has 1 rings (SSSR count). The first-order chi connectivity index (χ1) is 5.75. The third kappa shape index (κ3) is 2.02. The zero-order valence-corrected chi connectivity index (χ0v) is 8.06. The summed E-state index contributed by atoms with van der Waals surface area (Å²) in [4.78, 5) is 0. The van der Waals surface area contributed by atoms with E-state index in [0.717, 1.165) is 23.2 Å². The Morgan fingerprint density at radius 2 is 2.33 bits per heavy atom. The number of aryl methyl sites for hydroxylation is 1. The second-order valence-electron chi connectivity index (χ2n) is 2.39. The maximum Gasteiger partial charge on any atom is 0.190 e. The number of hydrogen-bond donors (Lipinski definition) is 0. The summed E-state index contributed by atoms with van der Waals surface area (Å²) in [7, 11) is 1.95. The Hall–Kier alpha value is -0.950. The van der Waals surface area contributed by atoms with Gasteiger partial charge >= 0.3 is 0 Å². The van der Waals surface area contributed by atoms with Crippen molar-refractivity contribution in [2.45, 2.75) is 18.5 Å². The first kappa shape index (κ1) is 9.14. The van der Waals surface area contributed by atoms with Gasteiger partial charge in [0.2, 0.25) is 0 Å². The molecule has 1 aromatic rings. The average Bonchev–Trinajstić information content (AvgIpc) is 2.36. The van der Waals surface area contributed by atoms with Crippen molar-refractivity contribution < 1.29 is 0 Å². The average molecular weight is 181 g/mol. The summed E-state index contributed by atoms with van der Waals surface area (Å²) in [6.45, 7) is 1.93. The number of aromatic nitrogens is 3. The van der Waals surface area contributed by atoms with E-state index in [2.05, 4.69) is 16.1 Å². The smallest absolute Gasteiger partial charge is 0.190 e. The van der Waals surface area contributed by atoms with Gasteiger partial charge in [-0.15, -0.1) is 22.5 Å². The lowest BCUT2D eigenvalue weighted by atomic mass is 10.5. The van der Waals surface area contributed by atoms with Crippen molar-refractivity contribution in [1.82, 2.24) is 14.8 Å². The van der Waals surface area contributed by atoms with Crippen LogP contribution in [0.15, 0.2) is 5.16 Å². The van der Waals surface area contributed by atoms with Gasteiger partial charge in [-0.05, 0) is 6.92 Å². The fourth-order valence-electron chi connectivity index (χ4n) is 0.715. The van der Waals surface area contributed by atoms with Gasteiger partial charge in [-0.2, -0.15) is 0 Å². The molecule has 0 amide bonds. The minimum absolute atomic E-state index is 0.774. The maximum atomic E-state index is 5.13. The van der Waals surface area contributed by atoms with Gasteiger partial charge in [0, 0.05) is 19.2 Å². The second kappa shape index (κ2) is 4.17. The molecule has 0 unspecified atom stereocenters. The van der Waals surface area contributed by atoms with E-state index in [9.17, 15) is 0 Å². The number of rotatable bonds is 3. The van der Waals surface area contributed by atoms with Crippen LogP contribution in [0.25, 0.3) is 0 Å². The van der Waals surface area contributed by atoms with Gasteiger partial charge in [0.1, 0.15) is 5.82 Å². The summed E-state index contributed by atoms with van der Waals surface area (Å²) < 4.78 is 1.96. The molecular formula is C8H11N3S. The molecule has 1 heterocycles. The Morgan fingerprint density at radius 3 is 2.83 bits per heavy atom. The number of thioether (sulfide) groups is 1. The highest BCUT2D eigenvalue weighted by molar-refractivity contribution is 7.99. The molecule has 0 N–H and O–H groups in total. The summed E-state index contributed by atoms with van der Waals surface area (Å²) in [6, 6.07) is 0. The zero-order chi connectivity index (χ0) is 8.97. The van der Waals surface area contributed by atoms with E-state index < -0.39 is 0 Å². The lowest BCUT2D eigenvalue weighted by Gasteiger charge is -1.97. The third-order valence-electron chi connectivity index (χ3n) is 1.53. The highest BCUT2D eigenvalue weighted by atomic mass is 32.2. The molecule has 3 nitrogen and oxygen atoms in total. The topological polar surface area (TPSA) is 30.7 Å². The van der Waals surface area contributed by atoms with Gasteiger partial charge in [0.15, 0.2) is 5.16 Å². The number of nitrogens with zero attached hydrogens (tertiary/aromatic N) is 3. The van der Waals surface area contributed by atoms with Gasteiger partial charge in [0.25, 0.3) is 0 Å². The second-order valence-corrected chi connectivity index (χ2v) is 3.45. The fourth-order valence-corrected chi connectivity index (χ4v) is 1.54. The zero-order valence-electron chi connectivity index (χ0n) is 7.24. The first-order valence-corrected chi connectivity index (χ1v) is 4.66. The first-order valence-electron chi connectivity index (χ1n) is 3.68. The van der Waals surface area contributed by atoms with Gasteiger partial charge in [-0.25, -0.2) is 0 Å². The van der Waals surface area contributed by atoms with E-state index in [1.54, 1.807) is 11.8 Å². The van der Waals surface area contributed by atoms with Gasteiger partial charge < -0.3 is 4.57 Å². The van der Waals surface area contributed by atoms with Crippen LogP contribution < -0.4 is 0 Å². The van der Waals surface area contributed by atoms with Gasteiger partial charge in [-0.3, -0.25) is 0 Å². The van der Waals surface area contributed by atoms with Crippen molar-refractivity contribution in [2.24, 2.45) is 7.05 Å². The molecule has 0 bridgehead atoms. The van der Waals surface area contributed by atoms with Crippen LogP contribution in [0, 0.1) is 19.3 Å². The van der Waals surface area contributed by atoms with Crippen molar-refractivity contribution in [3.63, 3.8) is 0 Å². The monoisotopic (exact) mass is 181 g/mol. The number of terminal acetylenes is 1. The predicted octanol–water partition coefficient (Wildman–Crippen LogP) is 1.24. The molecule has 0 fully saturated rings. The summed E-state index contributed by atoms with van der Waals surface area (Å²) in [5.41, 5.74) is 0. The minimum Gasteiger partial charge on any atom is -0.309 e. The summed E-state index contributed by atoms with van der Waals surface area (Å²) in [5.74, 6) is 4.42. The predicted molar refractivity (Wildman–Crippen MR) is 49.9 cm³/mol. The largest absolute Gasteiger partial charge is 0.309 e. The van der Waals surface area contributed by atoms with Crippen LogP contribution in [0.2, 0.25) is 0 Å². The van der Waals surface area contributed by atoms with Crippen LogP contribution in [-0.4, -0.2) is 20.5 Å². The van der Waals surface area contributed by atoms with Gasteiger partial charge in [-0.1, -0.05) is 11.8 Å². The van der Waals surface area contributed by atoms with E-state index in [1.807, 2.05) is 18.5 Å². The molecule has 0 aliphatic heterocycles. The normalized spacial score (nSPS) is 9.75. The highest BCUT2D eigenvalue weighted by Gasteiger charge is 2.03. The summed E-state index contributed by atoms with van der Waals surface area (Å²) in [6.07, 6.45) is 5.90. The molecule has 0 aliphatic rings. The molecule has 0 aromatic carbocycles. The van der Waals surface area contributed by atoms with Crippen LogP contribution in [-0.2, 0) is 7.05 Å². The van der Waals surface area contributed by atoms with Crippen molar-refractivity contribution in [1.29, 1.82) is 0 Å². The lowest BCUT2D eigenvalue weighted by molar-refractivity contribution is 0.765. The molecule has 0 aliphatic carbocycles. The highest BCUT2D eigenvalue weighted by Crippen LogP contribution is 2.15. The quantitative estimate of drug-likeness (QED) is 0.399. The van der Waals surface area contributed by atoms with E-state index in [-0.39, 0.29) is 0 Å². The SMILES string of the molecule is C#CCCSc1nnc(C)n1C. The molecule has 0 atom stereocenters. The molecule has 0 saturated heterocycles. The molecule has 1 aromatic heterocycles. The Bertz CT molecular complexity index is 298. The molecule has 0 saturated carbocycles. The van der Waals surface area contributed by atoms with Crippen LogP contribution >= 0.6 is 11.8 Å². The van der Waals surface area contributed by atoms with Crippen LogP contribution in [0.1, 0.15) is 12.2 Å². The Kier molecular flexibility index (Phi) is 3.18. The molecule has 64 valence electrons. The van der Waals surface area contributed by atoms with E-state index in [0.29, 0.717) is 0 Å². The molecule has 0 spiro atoms. The van der Waals surface area contributed by atoms with Crippen molar-refractivity contribution in [3.8, 4) is 12.3 Å². The van der Waals surface area contributed by atoms with Crippen LogP contribution in [0.5, 0.6) is 0 Å². The Labute approximate surface area is 76.6 Å². The molecule has 4 heteroatoms.